The number of carbonyl (C=O) groups excluding carboxylic acids is 2. The van der Waals surface area contributed by atoms with Crippen molar-refractivity contribution in [2.75, 3.05) is 13.2 Å². The van der Waals surface area contributed by atoms with Gasteiger partial charge in [-0.05, 0) is 34.6 Å². The number of hydrogen-bond donors (Lipinski definition) is 0. The first-order valence-electron chi connectivity index (χ1n) is 6.48. The summed E-state index contributed by atoms with van der Waals surface area (Å²) in [6.45, 7) is 8.92. The predicted octanol–water partition coefficient (Wildman–Crippen LogP) is 1.41. The highest BCUT2D eigenvalue weighted by Crippen LogP contribution is 2.39. The first-order valence-corrected chi connectivity index (χ1v) is 6.48. The van der Waals surface area contributed by atoms with E-state index in [2.05, 4.69) is 0 Å². The minimum atomic E-state index is -1.44. The lowest BCUT2D eigenvalue weighted by Gasteiger charge is -2.28. The van der Waals surface area contributed by atoms with Crippen molar-refractivity contribution in [1.29, 1.82) is 0 Å². The fraction of sp³-hybridized carbons (Fsp3) is 0.846. The smallest absolute Gasteiger partial charge is 0.341 e. The largest absolute Gasteiger partial charge is 0.466 e. The maximum atomic E-state index is 12.2. The molecule has 1 fully saturated rings. The van der Waals surface area contributed by atoms with E-state index in [1.807, 2.05) is 0 Å². The predicted molar refractivity (Wildman–Crippen MR) is 66.3 cm³/mol. The van der Waals surface area contributed by atoms with Gasteiger partial charge >= 0.3 is 11.9 Å². The van der Waals surface area contributed by atoms with Crippen LogP contribution >= 0.6 is 0 Å². The SMILES string of the molecule is CCOC(=O)C[C@@]1(C(=O)OCC)OC(C)(C)OC1C. The van der Waals surface area contributed by atoms with E-state index in [0.717, 1.165) is 0 Å². The molecule has 1 saturated heterocycles. The van der Waals surface area contributed by atoms with E-state index in [1.165, 1.54) is 0 Å². The summed E-state index contributed by atoms with van der Waals surface area (Å²) in [7, 11) is 0. The fourth-order valence-corrected chi connectivity index (χ4v) is 2.21. The summed E-state index contributed by atoms with van der Waals surface area (Å²) in [6, 6.07) is 0. The highest BCUT2D eigenvalue weighted by atomic mass is 16.8. The number of hydrogen-bond acceptors (Lipinski definition) is 6. The van der Waals surface area contributed by atoms with E-state index in [1.54, 1.807) is 34.6 Å². The molecule has 0 amide bonds. The lowest BCUT2D eigenvalue weighted by Crippen LogP contribution is -2.50. The lowest BCUT2D eigenvalue weighted by atomic mass is 9.94. The van der Waals surface area contributed by atoms with Gasteiger partial charge in [-0.3, -0.25) is 4.79 Å². The first-order chi connectivity index (χ1) is 8.77. The summed E-state index contributed by atoms with van der Waals surface area (Å²) in [6.07, 6.45) is -0.810. The Morgan fingerprint density at radius 2 is 1.74 bits per heavy atom. The summed E-state index contributed by atoms with van der Waals surface area (Å²) in [5, 5.41) is 0. The van der Waals surface area contributed by atoms with Gasteiger partial charge < -0.3 is 18.9 Å². The van der Waals surface area contributed by atoms with Gasteiger partial charge in [0.15, 0.2) is 5.79 Å². The van der Waals surface area contributed by atoms with Crippen molar-refractivity contribution in [2.24, 2.45) is 0 Å². The van der Waals surface area contributed by atoms with Gasteiger partial charge in [0.05, 0.1) is 25.7 Å². The van der Waals surface area contributed by atoms with Gasteiger partial charge in [0.25, 0.3) is 0 Å². The molecular weight excluding hydrogens is 252 g/mol. The second-order valence-electron chi connectivity index (χ2n) is 4.85. The highest BCUT2D eigenvalue weighted by Gasteiger charge is 2.58. The Hall–Kier alpha value is -1.14. The zero-order valence-corrected chi connectivity index (χ0v) is 12.1. The maximum Gasteiger partial charge on any atom is 0.341 e. The van der Waals surface area contributed by atoms with Gasteiger partial charge in [-0.15, -0.1) is 0 Å². The summed E-state index contributed by atoms with van der Waals surface area (Å²) >= 11 is 0. The molecular formula is C13H22O6. The quantitative estimate of drug-likeness (QED) is 0.706. The van der Waals surface area contributed by atoms with E-state index >= 15 is 0 Å². The van der Waals surface area contributed by atoms with Gasteiger partial charge in [0.1, 0.15) is 0 Å². The first kappa shape index (κ1) is 15.9. The average Bonchev–Trinajstić information content (AvgIpc) is 2.50. The van der Waals surface area contributed by atoms with Gasteiger partial charge in [-0.1, -0.05) is 0 Å². The average molecular weight is 274 g/mol. The molecule has 6 nitrogen and oxygen atoms in total. The van der Waals surface area contributed by atoms with Gasteiger partial charge in [-0.2, -0.15) is 0 Å². The Morgan fingerprint density at radius 3 is 2.16 bits per heavy atom. The second-order valence-corrected chi connectivity index (χ2v) is 4.85. The molecule has 19 heavy (non-hydrogen) atoms. The van der Waals surface area contributed by atoms with Crippen molar-refractivity contribution >= 4 is 11.9 Å². The molecule has 0 N–H and O–H groups in total. The molecule has 0 aromatic rings. The molecule has 110 valence electrons. The van der Waals surface area contributed by atoms with Crippen LogP contribution in [0.3, 0.4) is 0 Å². The molecule has 0 saturated carbocycles. The zero-order valence-electron chi connectivity index (χ0n) is 12.1. The molecule has 1 aliphatic heterocycles. The molecule has 0 aromatic heterocycles. The van der Waals surface area contributed by atoms with Crippen molar-refractivity contribution < 1.29 is 28.5 Å². The molecule has 2 atom stereocenters. The van der Waals surface area contributed by atoms with Gasteiger partial charge in [0, 0.05) is 0 Å². The summed E-state index contributed by atoms with van der Waals surface area (Å²) in [5.74, 6) is -2.05. The van der Waals surface area contributed by atoms with E-state index in [0.29, 0.717) is 0 Å². The monoisotopic (exact) mass is 274 g/mol. The van der Waals surface area contributed by atoms with Gasteiger partial charge in [-0.25, -0.2) is 4.79 Å². The van der Waals surface area contributed by atoms with Crippen LogP contribution in [0.4, 0.5) is 0 Å². The summed E-state index contributed by atoms with van der Waals surface area (Å²) in [4.78, 5) is 23.9. The van der Waals surface area contributed by atoms with Crippen LogP contribution in [0.2, 0.25) is 0 Å². The molecule has 1 aliphatic rings. The third kappa shape index (κ3) is 3.45. The Kier molecular flexibility index (Phi) is 4.92. The Morgan fingerprint density at radius 1 is 1.16 bits per heavy atom. The number of rotatable bonds is 5. The minimum absolute atomic E-state index is 0.208. The summed E-state index contributed by atoms with van der Waals surface area (Å²) in [5.41, 5.74) is -1.44. The highest BCUT2D eigenvalue weighted by molar-refractivity contribution is 5.87. The topological polar surface area (TPSA) is 71.1 Å². The maximum absolute atomic E-state index is 12.2. The van der Waals surface area contributed by atoms with Crippen molar-refractivity contribution in [3.63, 3.8) is 0 Å². The third-order valence-corrected chi connectivity index (χ3v) is 2.88. The minimum Gasteiger partial charge on any atom is -0.466 e. The molecule has 1 heterocycles. The molecule has 0 radical (unpaired) electrons. The van der Waals surface area contributed by atoms with Gasteiger partial charge in [0.2, 0.25) is 5.60 Å². The molecule has 1 unspecified atom stereocenters. The molecule has 0 aliphatic carbocycles. The van der Waals surface area contributed by atoms with Crippen molar-refractivity contribution in [3.8, 4) is 0 Å². The van der Waals surface area contributed by atoms with Crippen LogP contribution in [0, 0.1) is 0 Å². The third-order valence-electron chi connectivity index (χ3n) is 2.88. The van der Waals surface area contributed by atoms with E-state index < -0.39 is 29.4 Å². The molecule has 0 aromatic carbocycles. The number of esters is 2. The van der Waals surface area contributed by atoms with Crippen LogP contribution in [0.15, 0.2) is 0 Å². The zero-order chi connectivity index (χ0) is 14.7. The standard InChI is InChI=1S/C13H22O6/c1-6-16-10(14)8-13(11(15)17-7-2)9(3)18-12(4,5)19-13/h9H,6-8H2,1-5H3/t9?,13-/m1/s1. The van der Waals surface area contributed by atoms with Crippen molar-refractivity contribution in [1.82, 2.24) is 0 Å². The number of ether oxygens (including phenoxy) is 4. The number of carbonyl (C=O) groups is 2. The van der Waals surface area contributed by atoms with Crippen LogP contribution in [-0.2, 0) is 28.5 Å². The van der Waals surface area contributed by atoms with Crippen molar-refractivity contribution in [2.45, 2.75) is 58.5 Å². The Balaban J connectivity index is 2.98. The summed E-state index contributed by atoms with van der Waals surface area (Å²) < 4.78 is 21.2. The van der Waals surface area contributed by atoms with E-state index in [9.17, 15) is 9.59 Å². The van der Waals surface area contributed by atoms with Crippen LogP contribution < -0.4 is 0 Å². The normalized spacial score (nSPS) is 29.0. The molecule has 1 rings (SSSR count). The van der Waals surface area contributed by atoms with E-state index in [-0.39, 0.29) is 19.6 Å². The Labute approximate surface area is 113 Å². The van der Waals surface area contributed by atoms with Crippen LogP contribution in [0.1, 0.15) is 41.0 Å². The fourth-order valence-electron chi connectivity index (χ4n) is 2.21. The second kappa shape index (κ2) is 5.88. The molecule has 0 bridgehead atoms. The van der Waals surface area contributed by atoms with Crippen LogP contribution in [-0.4, -0.2) is 42.6 Å². The van der Waals surface area contributed by atoms with Crippen LogP contribution in [0.25, 0.3) is 0 Å². The van der Waals surface area contributed by atoms with Crippen molar-refractivity contribution in [3.05, 3.63) is 0 Å². The van der Waals surface area contributed by atoms with E-state index in [4.69, 9.17) is 18.9 Å². The Bertz CT molecular complexity index is 351. The van der Waals surface area contributed by atoms with Crippen LogP contribution in [0.5, 0.6) is 0 Å². The molecule has 0 spiro atoms. The molecule has 6 heteroatoms. The lowest BCUT2D eigenvalue weighted by molar-refractivity contribution is -0.194.